The molecule has 0 rings (SSSR count). The van der Waals surface area contributed by atoms with E-state index in [1.165, 1.54) is 11.0 Å². The number of carbonyl (C=O) groups is 4. The van der Waals surface area contributed by atoms with Crippen LogP contribution in [0.3, 0.4) is 0 Å². The summed E-state index contributed by atoms with van der Waals surface area (Å²) >= 11 is 0. The molecule has 0 N–H and O–H groups in total. The zero-order valence-electron chi connectivity index (χ0n) is 19.1. The third kappa shape index (κ3) is 12.6. The zero-order chi connectivity index (χ0) is 24.4. The summed E-state index contributed by atoms with van der Waals surface area (Å²) in [4.78, 5) is 48.9. The van der Waals surface area contributed by atoms with Crippen LogP contribution in [0.15, 0.2) is 38.0 Å². The van der Waals surface area contributed by atoms with Crippen molar-refractivity contribution in [1.82, 2.24) is 4.90 Å². The number of rotatable bonds is 17. The molecule has 0 saturated carbocycles. The lowest BCUT2D eigenvalue weighted by Gasteiger charge is -2.32. The second kappa shape index (κ2) is 16.6. The zero-order valence-corrected chi connectivity index (χ0v) is 19.1. The van der Waals surface area contributed by atoms with Crippen LogP contribution in [0.5, 0.6) is 0 Å². The van der Waals surface area contributed by atoms with Gasteiger partial charge in [-0.15, -0.1) is 6.58 Å². The number of esters is 3. The molecule has 0 aromatic carbocycles. The van der Waals surface area contributed by atoms with E-state index in [1.807, 2.05) is 0 Å². The van der Waals surface area contributed by atoms with Crippen molar-refractivity contribution in [3.8, 4) is 0 Å². The van der Waals surface area contributed by atoms with Crippen LogP contribution >= 0.6 is 0 Å². The van der Waals surface area contributed by atoms with Crippen LogP contribution < -0.4 is 0 Å². The number of unbranched alkanes of at least 4 members (excludes halogenated alkanes) is 3. The normalized spacial score (nSPS) is 10.4. The smallest absolute Gasteiger partial charge is 0.409 e. The maximum Gasteiger partial charge on any atom is 0.409 e. The first-order valence-corrected chi connectivity index (χ1v) is 10.5. The molecular weight excluding hydrogens is 418 g/mol. The van der Waals surface area contributed by atoms with Crippen molar-refractivity contribution in [3.05, 3.63) is 38.0 Å². The third-order valence-corrected chi connectivity index (χ3v) is 4.39. The van der Waals surface area contributed by atoms with Crippen LogP contribution in [0.1, 0.15) is 39.0 Å². The number of hydrogen-bond acceptors (Lipinski definition) is 8. The number of amides is 1. The van der Waals surface area contributed by atoms with E-state index in [9.17, 15) is 19.2 Å². The molecule has 1 amide bonds. The fourth-order valence-corrected chi connectivity index (χ4v) is 2.42. The first kappa shape index (κ1) is 28.9. The van der Waals surface area contributed by atoms with Gasteiger partial charge < -0.3 is 23.8 Å². The maximum absolute atomic E-state index is 12.4. The van der Waals surface area contributed by atoms with E-state index in [1.54, 1.807) is 7.05 Å². The molecule has 0 aromatic heterocycles. The molecule has 32 heavy (non-hydrogen) atoms. The summed E-state index contributed by atoms with van der Waals surface area (Å²) in [6.07, 6.45) is 6.61. The Morgan fingerprint density at radius 3 is 1.84 bits per heavy atom. The molecule has 0 aromatic rings. The van der Waals surface area contributed by atoms with Crippen LogP contribution in [0, 0.1) is 5.41 Å². The van der Waals surface area contributed by atoms with Gasteiger partial charge in [0.25, 0.3) is 0 Å². The van der Waals surface area contributed by atoms with Gasteiger partial charge >= 0.3 is 24.0 Å². The molecule has 0 radical (unpaired) electrons. The Balaban J connectivity index is 5.36. The molecule has 0 heterocycles. The Kier molecular flexibility index (Phi) is 15.0. The van der Waals surface area contributed by atoms with Crippen LogP contribution in [-0.4, -0.2) is 68.9 Å². The Morgan fingerprint density at radius 1 is 0.812 bits per heavy atom. The molecule has 0 aliphatic carbocycles. The van der Waals surface area contributed by atoms with Gasteiger partial charge in [0, 0.05) is 25.7 Å². The van der Waals surface area contributed by atoms with Crippen LogP contribution in [0.4, 0.5) is 4.79 Å². The third-order valence-electron chi connectivity index (χ3n) is 4.39. The molecule has 0 bridgehead atoms. The Morgan fingerprint density at radius 2 is 1.34 bits per heavy atom. The summed E-state index contributed by atoms with van der Waals surface area (Å²) in [6, 6.07) is 0. The lowest BCUT2D eigenvalue weighted by atomic mass is 9.92. The predicted octanol–water partition coefficient (Wildman–Crippen LogP) is 3.20. The molecule has 180 valence electrons. The summed E-state index contributed by atoms with van der Waals surface area (Å²) in [7, 11) is 1.61. The summed E-state index contributed by atoms with van der Waals surface area (Å²) in [5.41, 5.74) is -1.33. The highest BCUT2D eigenvalue weighted by molar-refractivity contribution is 5.81. The van der Waals surface area contributed by atoms with E-state index < -0.39 is 29.4 Å². The summed E-state index contributed by atoms with van der Waals surface area (Å²) in [6.45, 7) is 11.4. The number of hydrogen-bond donors (Lipinski definition) is 0. The monoisotopic (exact) mass is 453 g/mol. The molecule has 0 atom stereocenters. The molecule has 0 saturated heterocycles. The first-order chi connectivity index (χ1) is 15.2. The Labute approximate surface area is 190 Å². The average Bonchev–Trinajstić information content (AvgIpc) is 2.80. The van der Waals surface area contributed by atoms with Crippen molar-refractivity contribution in [1.29, 1.82) is 0 Å². The van der Waals surface area contributed by atoms with Crippen molar-refractivity contribution in [2.45, 2.75) is 39.0 Å². The minimum atomic E-state index is -1.33. The van der Waals surface area contributed by atoms with Gasteiger partial charge in [0.2, 0.25) is 0 Å². The summed E-state index contributed by atoms with van der Waals surface area (Å²) in [5, 5.41) is 0. The van der Waals surface area contributed by atoms with E-state index >= 15 is 0 Å². The van der Waals surface area contributed by atoms with Gasteiger partial charge in [-0.05, 0) is 6.42 Å². The minimum Gasteiger partial charge on any atom is -0.464 e. The van der Waals surface area contributed by atoms with Gasteiger partial charge in [-0.3, -0.25) is 4.79 Å². The SMILES string of the molecule is C=CCC(=O)OCC(COC(=O)C=C)(COC(=O)C=C)COC(=O)N(C)CCCCCC. The van der Waals surface area contributed by atoms with Crippen LogP contribution in [0.25, 0.3) is 0 Å². The van der Waals surface area contributed by atoms with Crippen molar-refractivity contribution < 1.29 is 38.1 Å². The fraction of sp³-hybridized carbons (Fsp3) is 0.565. The number of carbonyl (C=O) groups excluding carboxylic acids is 4. The van der Waals surface area contributed by atoms with E-state index in [-0.39, 0.29) is 32.8 Å². The van der Waals surface area contributed by atoms with E-state index in [0.717, 1.165) is 37.8 Å². The molecule has 0 spiro atoms. The lowest BCUT2D eigenvalue weighted by Crippen LogP contribution is -2.44. The fourth-order valence-electron chi connectivity index (χ4n) is 2.42. The summed E-state index contributed by atoms with van der Waals surface area (Å²) < 4.78 is 20.8. The summed E-state index contributed by atoms with van der Waals surface area (Å²) in [5.74, 6) is -2.06. The Bertz CT molecular complexity index is 634. The highest BCUT2D eigenvalue weighted by Crippen LogP contribution is 2.22. The van der Waals surface area contributed by atoms with Crippen molar-refractivity contribution in [3.63, 3.8) is 0 Å². The number of nitrogens with zero attached hydrogens (tertiary/aromatic N) is 1. The second-order valence-electron chi connectivity index (χ2n) is 7.31. The van der Waals surface area contributed by atoms with Crippen molar-refractivity contribution >= 4 is 24.0 Å². The van der Waals surface area contributed by atoms with Gasteiger partial charge in [-0.25, -0.2) is 14.4 Å². The van der Waals surface area contributed by atoms with Crippen LogP contribution in [-0.2, 0) is 33.3 Å². The van der Waals surface area contributed by atoms with Gasteiger partial charge in [0.1, 0.15) is 31.8 Å². The van der Waals surface area contributed by atoms with Gasteiger partial charge in [-0.1, -0.05) is 45.4 Å². The molecule has 0 fully saturated rings. The van der Waals surface area contributed by atoms with Gasteiger partial charge in [0.15, 0.2) is 0 Å². The Hall–Kier alpha value is -3.10. The molecule has 9 heteroatoms. The first-order valence-electron chi connectivity index (χ1n) is 10.5. The van der Waals surface area contributed by atoms with Crippen molar-refractivity contribution in [2.75, 3.05) is 40.0 Å². The molecule has 9 nitrogen and oxygen atoms in total. The average molecular weight is 454 g/mol. The highest BCUT2D eigenvalue weighted by Gasteiger charge is 2.38. The van der Waals surface area contributed by atoms with E-state index in [4.69, 9.17) is 18.9 Å². The van der Waals surface area contributed by atoms with Gasteiger partial charge in [0.05, 0.1) is 6.42 Å². The predicted molar refractivity (Wildman–Crippen MR) is 119 cm³/mol. The lowest BCUT2D eigenvalue weighted by molar-refractivity contribution is -0.161. The molecule has 0 aliphatic heterocycles. The second-order valence-corrected chi connectivity index (χ2v) is 7.31. The maximum atomic E-state index is 12.4. The van der Waals surface area contributed by atoms with Crippen molar-refractivity contribution in [2.24, 2.45) is 5.41 Å². The quantitative estimate of drug-likeness (QED) is 0.109. The largest absolute Gasteiger partial charge is 0.464 e. The topological polar surface area (TPSA) is 108 Å². The van der Waals surface area contributed by atoms with Gasteiger partial charge in [-0.2, -0.15) is 0 Å². The molecule has 0 unspecified atom stereocenters. The molecule has 0 aliphatic rings. The molecular formula is C23H35NO8. The standard InChI is InChI=1S/C23H35NO8/c1-6-10-11-12-14-24(5)22(28)32-18-23(15-29-19(25)8-3,16-30-20(26)9-4)17-31-21(27)13-7-2/h7-9H,2-4,6,10-18H2,1,5H3. The van der Waals surface area contributed by atoms with E-state index in [0.29, 0.717) is 6.54 Å². The van der Waals surface area contributed by atoms with E-state index in [2.05, 4.69) is 26.7 Å². The van der Waals surface area contributed by atoms with Crippen LogP contribution in [0.2, 0.25) is 0 Å². The number of ether oxygens (including phenoxy) is 4. The minimum absolute atomic E-state index is 0.0464. The highest BCUT2D eigenvalue weighted by atomic mass is 16.6.